The van der Waals surface area contributed by atoms with Gasteiger partial charge in [0.1, 0.15) is 5.65 Å². The minimum Gasteiger partial charge on any atom is -0.370 e. The summed E-state index contributed by atoms with van der Waals surface area (Å²) in [5.41, 5.74) is 2.02. The molecule has 2 aromatic heterocycles. The quantitative estimate of drug-likeness (QED) is 0.329. The number of halogens is 2. The predicted octanol–water partition coefficient (Wildman–Crippen LogP) is 6.04. The van der Waals surface area contributed by atoms with Gasteiger partial charge in [-0.2, -0.15) is 4.98 Å². The molecular weight excluding hydrogens is 553 g/mol. The summed E-state index contributed by atoms with van der Waals surface area (Å²) >= 11 is 6.80. The summed E-state index contributed by atoms with van der Waals surface area (Å²) in [5.74, 6) is 0.443. The normalized spacial score (nSPS) is 19.5. The predicted molar refractivity (Wildman–Crippen MR) is 169 cm³/mol. The Hall–Kier alpha value is -2.75. The molecule has 1 saturated carbocycles. The van der Waals surface area contributed by atoms with Gasteiger partial charge in [-0.3, -0.25) is 9.36 Å². The van der Waals surface area contributed by atoms with E-state index in [1.165, 1.54) is 45.3 Å². The van der Waals surface area contributed by atoms with Crippen molar-refractivity contribution in [3.63, 3.8) is 0 Å². The highest BCUT2D eigenvalue weighted by Crippen LogP contribution is 2.34. The van der Waals surface area contributed by atoms with Gasteiger partial charge in [0.2, 0.25) is 5.95 Å². The molecule has 3 fully saturated rings. The molecule has 2 N–H and O–H groups in total. The first-order valence-corrected chi connectivity index (χ1v) is 16.2. The molecule has 6 rings (SSSR count). The minimum atomic E-state index is -0.709. The lowest BCUT2D eigenvalue weighted by molar-refractivity contribution is 0.227. The van der Waals surface area contributed by atoms with Crippen molar-refractivity contribution in [3.05, 3.63) is 51.2 Å². The number of piperazine rings is 1. The zero-order valence-corrected chi connectivity index (χ0v) is 25.4. The third kappa shape index (κ3) is 6.43. The monoisotopic (exact) mass is 595 g/mol. The molecule has 0 unspecified atom stereocenters. The van der Waals surface area contributed by atoms with Crippen LogP contribution in [0.15, 0.2) is 29.2 Å². The molecule has 3 aromatic rings. The molecule has 4 heterocycles. The van der Waals surface area contributed by atoms with Crippen LogP contribution in [0.2, 0.25) is 5.02 Å². The van der Waals surface area contributed by atoms with Crippen LogP contribution < -0.4 is 21.1 Å². The Morgan fingerprint density at radius 1 is 1.07 bits per heavy atom. The number of nitrogens with one attached hydrogen (secondary N) is 2. The van der Waals surface area contributed by atoms with Crippen LogP contribution in [0.5, 0.6) is 0 Å². The average Bonchev–Trinajstić information content (AvgIpc) is 3.02. The molecule has 1 aliphatic carbocycles. The molecule has 3 aliphatic rings. The van der Waals surface area contributed by atoms with Gasteiger partial charge in [0, 0.05) is 68.1 Å². The standard InChI is InChI=1S/C32H43ClFN7O/c1-22-26-21-36-32(38-30(26)41(31(42)29(22)34)25-7-3-2-4-8-25)37-24-9-10-28(27(33)20-24)40-16-11-23(12-17-40)6-5-15-39-18-13-35-14-19-39/h9-10,20-21,23,25,35H,2-8,11-19H2,1H3,(H,36,37,38). The van der Waals surface area contributed by atoms with E-state index in [1.807, 2.05) is 12.1 Å². The van der Waals surface area contributed by atoms with Crippen molar-refractivity contribution >= 4 is 40.0 Å². The number of anilines is 3. The van der Waals surface area contributed by atoms with Gasteiger partial charge in [0.15, 0.2) is 5.82 Å². The Morgan fingerprint density at radius 2 is 1.83 bits per heavy atom. The zero-order valence-electron chi connectivity index (χ0n) is 24.7. The molecular formula is C32H43ClFN7O. The van der Waals surface area contributed by atoms with E-state index in [0.717, 1.165) is 75.6 Å². The molecule has 226 valence electrons. The molecule has 1 aromatic carbocycles. The lowest BCUT2D eigenvalue weighted by Gasteiger charge is -2.35. The first-order chi connectivity index (χ1) is 20.5. The molecule has 0 spiro atoms. The lowest BCUT2D eigenvalue weighted by Crippen LogP contribution is -2.43. The van der Waals surface area contributed by atoms with E-state index in [-0.39, 0.29) is 6.04 Å². The fourth-order valence-electron chi connectivity index (χ4n) is 7.01. The highest BCUT2D eigenvalue weighted by Gasteiger charge is 2.24. The zero-order chi connectivity index (χ0) is 29.1. The van der Waals surface area contributed by atoms with Gasteiger partial charge in [-0.15, -0.1) is 0 Å². The topological polar surface area (TPSA) is 78.3 Å². The smallest absolute Gasteiger partial charge is 0.288 e. The Bertz CT molecular complexity index is 1440. The van der Waals surface area contributed by atoms with E-state index in [4.69, 9.17) is 16.6 Å². The van der Waals surface area contributed by atoms with Crippen LogP contribution in [0.4, 0.5) is 21.7 Å². The molecule has 2 aliphatic heterocycles. The summed E-state index contributed by atoms with van der Waals surface area (Å²) in [6.07, 6.45) is 11.5. The van der Waals surface area contributed by atoms with Gasteiger partial charge >= 0.3 is 0 Å². The van der Waals surface area contributed by atoms with Crippen LogP contribution in [0.3, 0.4) is 0 Å². The van der Waals surface area contributed by atoms with Crippen LogP contribution in [-0.2, 0) is 0 Å². The fraction of sp³-hybridized carbons (Fsp3) is 0.594. The Labute approximate surface area is 252 Å². The van der Waals surface area contributed by atoms with Gasteiger partial charge in [0.25, 0.3) is 5.56 Å². The number of aromatic nitrogens is 3. The number of nitrogens with zero attached hydrogens (tertiary/aromatic N) is 5. The summed E-state index contributed by atoms with van der Waals surface area (Å²) in [6.45, 7) is 9.47. The van der Waals surface area contributed by atoms with Crippen molar-refractivity contribution in [2.75, 3.05) is 56.0 Å². The van der Waals surface area contributed by atoms with Gasteiger partial charge < -0.3 is 20.4 Å². The molecule has 0 amide bonds. The summed E-state index contributed by atoms with van der Waals surface area (Å²) in [5, 5.41) is 7.96. The third-order valence-corrected chi connectivity index (χ3v) is 9.83. The van der Waals surface area contributed by atoms with Gasteiger partial charge in [-0.1, -0.05) is 30.9 Å². The van der Waals surface area contributed by atoms with E-state index in [1.54, 1.807) is 17.7 Å². The van der Waals surface area contributed by atoms with Crippen molar-refractivity contribution in [2.24, 2.45) is 5.92 Å². The third-order valence-electron chi connectivity index (χ3n) is 9.53. The number of pyridine rings is 1. The molecule has 10 heteroatoms. The molecule has 8 nitrogen and oxygen atoms in total. The maximum atomic E-state index is 14.9. The number of piperidine rings is 1. The maximum absolute atomic E-state index is 14.9. The first kappa shape index (κ1) is 29.3. The summed E-state index contributed by atoms with van der Waals surface area (Å²) in [7, 11) is 0. The highest BCUT2D eigenvalue weighted by atomic mass is 35.5. The van der Waals surface area contributed by atoms with Gasteiger partial charge in [-0.05, 0) is 76.1 Å². The van der Waals surface area contributed by atoms with Crippen LogP contribution in [0.25, 0.3) is 11.0 Å². The second-order valence-corrected chi connectivity index (χ2v) is 12.7. The Morgan fingerprint density at radius 3 is 2.57 bits per heavy atom. The van der Waals surface area contributed by atoms with Crippen LogP contribution in [0, 0.1) is 18.7 Å². The largest absolute Gasteiger partial charge is 0.370 e. The SMILES string of the molecule is Cc1c(F)c(=O)n(C2CCCCC2)c2nc(Nc3ccc(N4CCC(CCCN5CCNCC5)CC4)c(Cl)c3)ncc12. The van der Waals surface area contributed by atoms with E-state index in [2.05, 4.69) is 31.5 Å². The maximum Gasteiger partial charge on any atom is 0.288 e. The second-order valence-electron chi connectivity index (χ2n) is 12.3. The van der Waals surface area contributed by atoms with Gasteiger partial charge in [-0.25, -0.2) is 9.37 Å². The molecule has 0 radical (unpaired) electrons. The fourth-order valence-corrected chi connectivity index (χ4v) is 7.31. The highest BCUT2D eigenvalue weighted by molar-refractivity contribution is 6.33. The number of fused-ring (bicyclic) bond motifs is 1. The van der Waals surface area contributed by atoms with Crippen molar-refractivity contribution < 1.29 is 4.39 Å². The van der Waals surface area contributed by atoms with E-state index in [0.29, 0.717) is 27.6 Å². The van der Waals surface area contributed by atoms with E-state index >= 15 is 0 Å². The summed E-state index contributed by atoms with van der Waals surface area (Å²) in [6, 6.07) is 5.93. The van der Waals surface area contributed by atoms with Crippen molar-refractivity contribution in [1.82, 2.24) is 24.8 Å². The van der Waals surface area contributed by atoms with Crippen molar-refractivity contribution in [1.29, 1.82) is 0 Å². The number of rotatable bonds is 8. The first-order valence-electron chi connectivity index (χ1n) is 15.8. The molecule has 2 saturated heterocycles. The van der Waals surface area contributed by atoms with E-state index < -0.39 is 11.4 Å². The number of hydrogen-bond acceptors (Lipinski definition) is 7. The molecule has 0 bridgehead atoms. The molecule has 0 atom stereocenters. The van der Waals surface area contributed by atoms with Crippen LogP contribution >= 0.6 is 11.6 Å². The van der Waals surface area contributed by atoms with Crippen molar-refractivity contribution in [3.8, 4) is 0 Å². The van der Waals surface area contributed by atoms with Gasteiger partial charge in [0.05, 0.1) is 10.7 Å². The Kier molecular flexibility index (Phi) is 9.26. The van der Waals surface area contributed by atoms with Crippen molar-refractivity contribution in [2.45, 2.75) is 70.8 Å². The van der Waals surface area contributed by atoms with Crippen LogP contribution in [-0.4, -0.2) is 65.2 Å². The number of hydrogen-bond donors (Lipinski definition) is 2. The van der Waals surface area contributed by atoms with E-state index in [9.17, 15) is 9.18 Å². The lowest BCUT2D eigenvalue weighted by atomic mass is 9.92. The summed E-state index contributed by atoms with van der Waals surface area (Å²) < 4.78 is 16.4. The second kappa shape index (κ2) is 13.3. The summed E-state index contributed by atoms with van der Waals surface area (Å²) in [4.78, 5) is 27.2. The molecule has 42 heavy (non-hydrogen) atoms. The number of aryl methyl sites for hydroxylation is 1. The Balaban J connectivity index is 1.11. The number of benzene rings is 1. The minimum absolute atomic E-state index is 0.0447. The van der Waals surface area contributed by atoms with Crippen LogP contribution in [0.1, 0.15) is 69.4 Å². The average molecular weight is 596 g/mol.